The maximum absolute atomic E-state index is 13.2. The van der Waals surface area contributed by atoms with E-state index in [0.29, 0.717) is 12.0 Å². The molecule has 0 N–H and O–H groups in total. The first kappa shape index (κ1) is 17.9. The fourth-order valence-electron chi connectivity index (χ4n) is 3.63. The van der Waals surface area contributed by atoms with Crippen LogP contribution in [0.25, 0.3) is 0 Å². The van der Waals surface area contributed by atoms with Crippen LogP contribution >= 0.6 is 0 Å². The first-order valence-corrected chi connectivity index (χ1v) is 9.27. The molecule has 1 fully saturated rings. The molecule has 0 saturated carbocycles. The Morgan fingerprint density at radius 2 is 1.50 bits per heavy atom. The summed E-state index contributed by atoms with van der Waals surface area (Å²) in [6.45, 7) is 0.137. The molecule has 1 heterocycles. The van der Waals surface area contributed by atoms with Crippen molar-refractivity contribution in [3.8, 4) is 0 Å². The molecule has 28 heavy (non-hydrogen) atoms. The minimum atomic E-state index is -1.01. The van der Waals surface area contributed by atoms with Crippen LogP contribution < -0.4 is 0 Å². The molecule has 0 aromatic heterocycles. The number of barbiturate groups is 1. The number of hydrogen-bond donors (Lipinski definition) is 0. The van der Waals surface area contributed by atoms with Crippen molar-refractivity contribution in [2.45, 2.75) is 24.9 Å². The van der Waals surface area contributed by atoms with Crippen LogP contribution in [-0.4, -0.2) is 33.7 Å². The third-order valence-corrected chi connectivity index (χ3v) is 5.04. The topological polar surface area (TPSA) is 57.7 Å². The molecule has 1 aliphatic heterocycles. The van der Waals surface area contributed by atoms with E-state index in [-0.39, 0.29) is 12.6 Å². The van der Waals surface area contributed by atoms with Crippen LogP contribution in [0.3, 0.4) is 0 Å². The molecular formula is C23H20N2O3. The first-order valence-electron chi connectivity index (χ1n) is 9.27. The molecule has 5 nitrogen and oxygen atoms in total. The molecule has 2 aromatic rings. The first-order chi connectivity index (χ1) is 13.7. The lowest BCUT2D eigenvalue weighted by Crippen LogP contribution is -2.60. The molecule has 5 heteroatoms. The van der Waals surface area contributed by atoms with Gasteiger partial charge in [-0.25, -0.2) is 4.79 Å². The van der Waals surface area contributed by atoms with Crippen molar-refractivity contribution >= 4 is 17.8 Å². The highest BCUT2D eigenvalue weighted by Crippen LogP contribution is 2.31. The molecule has 2 aliphatic rings. The van der Waals surface area contributed by atoms with Gasteiger partial charge in [-0.3, -0.25) is 19.4 Å². The third-order valence-electron chi connectivity index (χ3n) is 5.04. The second kappa shape index (κ2) is 7.64. The summed E-state index contributed by atoms with van der Waals surface area (Å²) in [7, 11) is 0. The number of allylic oxidation sites excluding steroid dienone is 2. The van der Waals surface area contributed by atoms with Crippen molar-refractivity contribution in [2.75, 3.05) is 0 Å². The maximum Gasteiger partial charge on any atom is 0.334 e. The van der Waals surface area contributed by atoms with Gasteiger partial charge in [0.1, 0.15) is 5.92 Å². The van der Waals surface area contributed by atoms with Gasteiger partial charge < -0.3 is 0 Å². The Morgan fingerprint density at radius 3 is 2.14 bits per heavy atom. The molecule has 4 rings (SSSR count). The molecule has 4 amide bonds. The van der Waals surface area contributed by atoms with Crippen molar-refractivity contribution in [3.05, 3.63) is 96.1 Å². The Balaban J connectivity index is 1.73. The van der Waals surface area contributed by atoms with Gasteiger partial charge in [0.05, 0.1) is 12.6 Å². The number of carbonyl (C=O) groups is 3. The van der Waals surface area contributed by atoms with Crippen LogP contribution in [0.1, 0.15) is 23.5 Å². The Morgan fingerprint density at radius 1 is 0.821 bits per heavy atom. The average molecular weight is 372 g/mol. The van der Waals surface area contributed by atoms with E-state index in [2.05, 4.69) is 0 Å². The maximum atomic E-state index is 13.2. The second-order valence-electron chi connectivity index (χ2n) is 6.86. The number of benzene rings is 2. The quantitative estimate of drug-likeness (QED) is 0.770. The normalized spacial score (nSPS) is 22.1. The molecule has 0 radical (unpaired) electrons. The molecule has 0 spiro atoms. The van der Waals surface area contributed by atoms with E-state index in [4.69, 9.17) is 0 Å². The number of rotatable bonds is 4. The SMILES string of the molecule is O=C1C(c2ccccc2)C(=O)N(C2C=CC=CC2)C(=O)N1Cc1ccccc1. The minimum absolute atomic E-state index is 0.137. The fourth-order valence-corrected chi connectivity index (χ4v) is 3.63. The van der Waals surface area contributed by atoms with E-state index in [9.17, 15) is 14.4 Å². The van der Waals surface area contributed by atoms with Crippen molar-refractivity contribution in [3.63, 3.8) is 0 Å². The van der Waals surface area contributed by atoms with Gasteiger partial charge >= 0.3 is 6.03 Å². The lowest BCUT2D eigenvalue weighted by atomic mass is 9.92. The fraction of sp³-hybridized carbons (Fsp3) is 0.174. The number of nitrogens with zero attached hydrogens (tertiary/aromatic N) is 2. The largest absolute Gasteiger partial charge is 0.334 e. The Hall–Kier alpha value is -3.47. The zero-order valence-electron chi connectivity index (χ0n) is 15.3. The predicted molar refractivity (Wildman–Crippen MR) is 105 cm³/mol. The zero-order valence-corrected chi connectivity index (χ0v) is 15.3. The van der Waals surface area contributed by atoms with Crippen LogP contribution in [0.5, 0.6) is 0 Å². The summed E-state index contributed by atoms with van der Waals surface area (Å²) in [4.78, 5) is 42.1. The lowest BCUT2D eigenvalue weighted by molar-refractivity contribution is -0.146. The van der Waals surface area contributed by atoms with Gasteiger partial charge in [-0.05, 0) is 17.5 Å². The summed E-state index contributed by atoms with van der Waals surface area (Å²) in [5.74, 6) is -1.95. The van der Waals surface area contributed by atoms with Gasteiger partial charge in [-0.2, -0.15) is 0 Å². The van der Waals surface area contributed by atoms with Crippen molar-refractivity contribution in [2.24, 2.45) is 0 Å². The average Bonchev–Trinajstić information content (AvgIpc) is 2.74. The van der Waals surface area contributed by atoms with E-state index >= 15 is 0 Å². The standard InChI is InChI=1S/C23H20N2O3/c26-21-20(18-12-6-2-7-13-18)22(27)25(19-14-8-3-9-15-19)23(28)24(21)16-17-10-4-1-5-11-17/h1-14,19-20H,15-16H2. The van der Waals surface area contributed by atoms with E-state index in [1.807, 2.05) is 60.7 Å². The zero-order chi connectivity index (χ0) is 19.5. The number of amides is 4. The van der Waals surface area contributed by atoms with Crippen LogP contribution in [0, 0.1) is 0 Å². The minimum Gasteiger partial charge on any atom is -0.273 e. The van der Waals surface area contributed by atoms with Crippen LogP contribution in [0.4, 0.5) is 4.79 Å². The summed E-state index contributed by atoms with van der Waals surface area (Å²) >= 11 is 0. The number of imide groups is 2. The van der Waals surface area contributed by atoms with Crippen molar-refractivity contribution < 1.29 is 14.4 Å². The smallest absolute Gasteiger partial charge is 0.273 e. The molecule has 1 saturated heterocycles. The molecular weight excluding hydrogens is 352 g/mol. The summed E-state index contributed by atoms with van der Waals surface area (Å²) in [6.07, 6.45) is 8.00. The molecule has 2 aromatic carbocycles. The lowest BCUT2D eigenvalue weighted by Gasteiger charge is -2.40. The number of carbonyl (C=O) groups excluding carboxylic acids is 3. The van der Waals surface area contributed by atoms with Gasteiger partial charge in [0.25, 0.3) is 0 Å². The second-order valence-corrected chi connectivity index (χ2v) is 6.86. The molecule has 140 valence electrons. The highest BCUT2D eigenvalue weighted by molar-refractivity contribution is 6.19. The summed E-state index contributed by atoms with van der Waals surface area (Å²) in [5, 5.41) is 0. The monoisotopic (exact) mass is 372 g/mol. The summed E-state index contributed by atoms with van der Waals surface area (Å²) in [5.41, 5.74) is 1.44. The molecule has 1 aliphatic carbocycles. The van der Waals surface area contributed by atoms with Crippen molar-refractivity contribution in [1.82, 2.24) is 9.80 Å². The number of hydrogen-bond acceptors (Lipinski definition) is 3. The third kappa shape index (κ3) is 3.27. The van der Waals surface area contributed by atoms with E-state index in [1.165, 1.54) is 9.80 Å². The van der Waals surface area contributed by atoms with E-state index < -0.39 is 23.8 Å². The van der Waals surface area contributed by atoms with Crippen molar-refractivity contribution in [1.29, 1.82) is 0 Å². The Bertz CT molecular complexity index is 950. The molecule has 2 atom stereocenters. The van der Waals surface area contributed by atoms with Crippen LogP contribution in [-0.2, 0) is 16.1 Å². The van der Waals surface area contributed by atoms with Crippen LogP contribution in [0.2, 0.25) is 0 Å². The highest BCUT2D eigenvalue weighted by atomic mass is 16.2. The number of urea groups is 1. The summed E-state index contributed by atoms with van der Waals surface area (Å²) < 4.78 is 0. The highest BCUT2D eigenvalue weighted by Gasteiger charge is 2.48. The molecule has 2 unspecified atom stereocenters. The Labute approximate surface area is 163 Å². The molecule has 0 bridgehead atoms. The van der Waals surface area contributed by atoms with E-state index in [0.717, 1.165) is 5.56 Å². The Kier molecular flexibility index (Phi) is 4.89. The summed E-state index contributed by atoms with van der Waals surface area (Å²) in [6, 6.07) is 17.3. The van der Waals surface area contributed by atoms with Gasteiger partial charge in [0.2, 0.25) is 11.8 Å². The van der Waals surface area contributed by atoms with Gasteiger partial charge in [0, 0.05) is 0 Å². The predicted octanol–water partition coefficient (Wildman–Crippen LogP) is 3.65. The van der Waals surface area contributed by atoms with Crippen LogP contribution in [0.15, 0.2) is 85.0 Å². The van der Waals surface area contributed by atoms with E-state index in [1.54, 1.807) is 24.3 Å². The van der Waals surface area contributed by atoms with Gasteiger partial charge in [-0.1, -0.05) is 85.0 Å². The van der Waals surface area contributed by atoms with Gasteiger partial charge in [-0.15, -0.1) is 0 Å². The van der Waals surface area contributed by atoms with Gasteiger partial charge in [0.15, 0.2) is 0 Å².